The SMILES string of the molecule is Cc1ccc(S(=O)(=O)NNc2ncnc(Nc3ccc(OC(F)(F)F)cc3)c2[N+](=O)[O-])cc1. The number of nitrogens with one attached hydrogen (secondary N) is 3. The molecule has 0 saturated carbocycles. The molecule has 174 valence electrons. The molecule has 1 aromatic heterocycles. The molecule has 0 saturated heterocycles. The Hall–Kier alpha value is -3.98. The average molecular weight is 484 g/mol. The van der Waals surface area contributed by atoms with Crippen molar-refractivity contribution in [2.45, 2.75) is 18.2 Å². The van der Waals surface area contributed by atoms with Crippen LogP contribution in [0.1, 0.15) is 5.56 Å². The molecule has 3 aromatic rings. The number of alkyl halides is 3. The maximum atomic E-state index is 12.4. The Labute approximate surface area is 184 Å². The largest absolute Gasteiger partial charge is 0.573 e. The number of rotatable bonds is 8. The molecule has 0 aliphatic carbocycles. The first-order valence-electron chi connectivity index (χ1n) is 8.91. The first-order valence-corrected chi connectivity index (χ1v) is 10.4. The Kier molecular flexibility index (Phi) is 6.64. The number of hydrogen-bond donors (Lipinski definition) is 3. The molecule has 0 aliphatic rings. The van der Waals surface area contributed by atoms with Gasteiger partial charge in [0.2, 0.25) is 11.6 Å². The summed E-state index contributed by atoms with van der Waals surface area (Å²) in [5.41, 5.74) is 2.47. The van der Waals surface area contributed by atoms with Gasteiger partial charge in [-0.25, -0.2) is 18.4 Å². The molecule has 3 N–H and O–H groups in total. The van der Waals surface area contributed by atoms with Crippen LogP contribution in [-0.4, -0.2) is 29.7 Å². The molecule has 33 heavy (non-hydrogen) atoms. The van der Waals surface area contributed by atoms with Crippen LogP contribution in [0.4, 0.5) is 36.2 Å². The zero-order valence-corrected chi connectivity index (χ0v) is 17.4. The van der Waals surface area contributed by atoms with Gasteiger partial charge in [-0.3, -0.25) is 15.5 Å². The van der Waals surface area contributed by atoms with Crippen LogP contribution in [0.5, 0.6) is 5.75 Å². The van der Waals surface area contributed by atoms with Crippen LogP contribution in [0.15, 0.2) is 59.8 Å². The lowest BCUT2D eigenvalue weighted by molar-refractivity contribution is -0.383. The smallest absolute Gasteiger partial charge is 0.406 e. The fourth-order valence-electron chi connectivity index (χ4n) is 2.50. The zero-order valence-electron chi connectivity index (χ0n) is 16.6. The van der Waals surface area contributed by atoms with E-state index in [0.717, 1.165) is 24.0 Å². The normalized spacial score (nSPS) is 11.6. The number of hydrogen-bond acceptors (Lipinski definition) is 9. The summed E-state index contributed by atoms with van der Waals surface area (Å²) in [5.74, 6) is -1.29. The second-order valence-electron chi connectivity index (χ2n) is 6.42. The van der Waals surface area contributed by atoms with Crippen LogP contribution >= 0.6 is 0 Å². The predicted octanol–water partition coefficient (Wildman–Crippen LogP) is 3.64. The van der Waals surface area contributed by atoms with Crippen LogP contribution in [0.2, 0.25) is 0 Å². The third kappa shape index (κ3) is 6.27. The molecule has 0 fully saturated rings. The molecule has 11 nitrogen and oxygen atoms in total. The third-order valence-electron chi connectivity index (χ3n) is 3.99. The highest BCUT2D eigenvalue weighted by Crippen LogP contribution is 2.32. The summed E-state index contributed by atoms with van der Waals surface area (Å²) in [6.07, 6.45) is -3.94. The van der Waals surface area contributed by atoms with Crippen molar-refractivity contribution in [3.63, 3.8) is 0 Å². The lowest BCUT2D eigenvalue weighted by Gasteiger charge is -2.12. The molecule has 0 unspecified atom stereocenters. The maximum Gasteiger partial charge on any atom is 0.573 e. The topological polar surface area (TPSA) is 148 Å². The van der Waals surface area contributed by atoms with E-state index in [2.05, 4.69) is 25.4 Å². The van der Waals surface area contributed by atoms with E-state index < -0.39 is 38.6 Å². The summed E-state index contributed by atoms with van der Waals surface area (Å²) in [5, 5.41) is 14.2. The van der Waals surface area contributed by atoms with Crippen molar-refractivity contribution >= 4 is 33.0 Å². The quantitative estimate of drug-likeness (QED) is 0.322. The summed E-state index contributed by atoms with van der Waals surface area (Å²) in [6.45, 7) is 1.78. The Bertz CT molecular complexity index is 1250. The van der Waals surface area contributed by atoms with Gasteiger partial charge in [0.1, 0.15) is 12.1 Å². The summed E-state index contributed by atoms with van der Waals surface area (Å²) in [4.78, 5) is 20.1. The Balaban J connectivity index is 1.81. The number of nitro groups is 1. The van der Waals surface area contributed by atoms with E-state index in [1.54, 1.807) is 19.1 Å². The van der Waals surface area contributed by atoms with E-state index in [1.165, 1.54) is 24.3 Å². The second kappa shape index (κ2) is 9.25. The van der Waals surface area contributed by atoms with E-state index in [4.69, 9.17) is 0 Å². The number of anilines is 3. The van der Waals surface area contributed by atoms with Crippen molar-refractivity contribution in [1.82, 2.24) is 14.8 Å². The van der Waals surface area contributed by atoms with Gasteiger partial charge in [-0.15, -0.1) is 18.0 Å². The van der Waals surface area contributed by atoms with Crippen molar-refractivity contribution in [3.8, 4) is 5.75 Å². The summed E-state index contributed by atoms with van der Waals surface area (Å²) >= 11 is 0. The molecule has 0 aliphatic heterocycles. The number of aromatic nitrogens is 2. The van der Waals surface area contributed by atoms with Gasteiger partial charge in [0.25, 0.3) is 10.0 Å². The monoisotopic (exact) mass is 484 g/mol. The van der Waals surface area contributed by atoms with Gasteiger partial charge >= 0.3 is 12.0 Å². The molecule has 0 radical (unpaired) electrons. The van der Waals surface area contributed by atoms with Crippen LogP contribution < -0.4 is 20.3 Å². The van der Waals surface area contributed by atoms with Crippen molar-refractivity contribution in [3.05, 3.63) is 70.5 Å². The number of aryl methyl sites for hydroxylation is 1. The van der Waals surface area contributed by atoms with Crippen LogP contribution in [0.25, 0.3) is 0 Å². The Morgan fingerprint density at radius 3 is 2.18 bits per heavy atom. The van der Waals surface area contributed by atoms with Crippen molar-refractivity contribution < 1.29 is 31.2 Å². The van der Waals surface area contributed by atoms with Crippen molar-refractivity contribution in [1.29, 1.82) is 0 Å². The number of hydrazine groups is 1. The van der Waals surface area contributed by atoms with Gasteiger partial charge in [0, 0.05) is 5.69 Å². The van der Waals surface area contributed by atoms with E-state index >= 15 is 0 Å². The van der Waals surface area contributed by atoms with E-state index in [9.17, 15) is 31.7 Å². The lowest BCUT2D eigenvalue weighted by atomic mass is 10.2. The first kappa shape index (κ1) is 23.7. The molecule has 2 aromatic carbocycles. The third-order valence-corrected chi connectivity index (χ3v) is 5.25. The fourth-order valence-corrected chi connectivity index (χ4v) is 3.35. The summed E-state index contributed by atoms with van der Waals surface area (Å²) in [6, 6.07) is 10.2. The number of sulfonamides is 1. The van der Waals surface area contributed by atoms with Crippen molar-refractivity contribution in [2.75, 3.05) is 10.7 Å². The maximum absolute atomic E-state index is 12.4. The molecule has 0 atom stereocenters. The minimum absolute atomic E-state index is 0.0863. The minimum Gasteiger partial charge on any atom is -0.406 e. The van der Waals surface area contributed by atoms with Crippen LogP contribution in [-0.2, 0) is 10.0 Å². The Morgan fingerprint density at radius 1 is 1.00 bits per heavy atom. The second-order valence-corrected chi connectivity index (χ2v) is 8.10. The van der Waals surface area contributed by atoms with Crippen LogP contribution in [0.3, 0.4) is 0 Å². The molecule has 1 heterocycles. The zero-order chi connectivity index (χ0) is 24.2. The van der Waals surface area contributed by atoms with Crippen LogP contribution in [0, 0.1) is 17.0 Å². The van der Waals surface area contributed by atoms with Gasteiger partial charge in [0.05, 0.1) is 9.82 Å². The van der Waals surface area contributed by atoms with E-state index in [1.807, 2.05) is 4.83 Å². The fraction of sp³-hybridized carbons (Fsp3) is 0.111. The molecular formula is C18H15F3N6O5S. The molecular weight excluding hydrogens is 469 g/mol. The molecule has 0 bridgehead atoms. The lowest BCUT2D eigenvalue weighted by Crippen LogP contribution is -2.30. The number of ether oxygens (including phenoxy) is 1. The van der Waals surface area contributed by atoms with Gasteiger partial charge in [-0.1, -0.05) is 17.7 Å². The first-order chi connectivity index (χ1) is 15.4. The van der Waals surface area contributed by atoms with E-state index in [-0.39, 0.29) is 16.4 Å². The predicted molar refractivity (Wildman–Crippen MR) is 110 cm³/mol. The number of benzene rings is 2. The summed E-state index contributed by atoms with van der Waals surface area (Å²) < 4.78 is 65.4. The molecule has 0 spiro atoms. The van der Waals surface area contributed by atoms with E-state index in [0.29, 0.717) is 0 Å². The molecule has 15 heteroatoms. The van der Waals surface area contributed by atoms with Crippen molar-refractivity contribution in [2.24, 2.45) is 0 Å². The summed E-state index contributed by atoms with van der Waals surface area (Å²) in [7, 11) is -4.08. The molecule has 3 rings (SSSR count). The highest BCUT2D eigenvalue weighted by molar-refractivity contribution is 7.89. The van der Waals surface area contributed by atoms with Gasteiger partial charge < -0.3 is 10.1 Å². The van der Waals surface area contributed by atoms with Gasteiger partial charge in [-0.2, -0.15) is 0 Å². The van der Waals surface area contributed by atoms with Gasteiger partial charge in [0.15, 0.2) is 0 Å². The standard InChI is InChI=1S/C18H15F3N6O5S/c1-11-2-8-14(9-3-11)33(30,31)26-25-17-15(27(28)29)16(22-10-23-17)24-12-4-6-13(7-5-12)32-18(19,20)21/h2-10,26H,1H3,(H2,22,23,24,25). The molecule has 0 amide bonds. The highest BCUT2D eigenvalue weighted by Gasteiger charge is 2.31. The number of halogens is 3. The minimum atomic E-state index is -4.87. The average Bonchev–Trinajstić information content (AvgIpc) is 2.73. The van der Waals surface area contributed by atoms with Gasteiger partial charge in [-0.05, 0) is 43.3 Å². The number of nitrogens with zero attached hydrogens (tertiary/aromatic N) is 3. The Morgan fingerprint density at radius 2 is 1.61 bits per heavy atom. The highest BCUT2D eigenvalue weighted by atomic mass is 32.2.